The first-order valence-electron chi connectivity index (χ1n) is 8.70. The Balaban J connectivity index is 2.40. The highest BCUT2D eigenvalue weighted by atomic mass is 28.3. The van der Waals surface area contributed by atoms with E-state index in [1.54, 1.807) is 0 Å². The van der Waals surface area contributed by atoms with E-state index in [-0.39, 0.29) is 11.1 Å². The van der Waals surface area contributed by atoms with Crippen LogP contribution < -0.4 is 0 Å². The third-order valence-electron chi connectivity index (χ3n) is 4.84. The van der Waals surface area contributed by atoms with E-state index < -0.39 is 8.80 Å². The molecule has 0 saturated carbocycles. The normalized spacial score (nSPS) is 13.0. The minimum atomic E-state index is -0.744. The third kappa shape index (κ3) is 3.20. The highest BCUT2D eigenvalue weighted by Crippen LogP contribution is 2.44. The Morgan fingerprint density at radius 3 is 1.20 bits per heavy atom. The van der Waals surface area contributed by atoms with Gasteiger partial charge in [0.25, 0.3) is 0 Å². The summed E-state index contributed by atoms with van der Waals surface area (Å²) in [6.45, 7) is 4.67. The molecule has 0 aliphatic rings. The van der Waals surface area contributed by atoms with E-state index in [1.165, 1.54) is 16.7 Å². The van der Waals surface area contributed by atoms with E-state index in [0.717, 1.165) is 0 Å². The van der Waals surface area contributed by atoms with Gasteiger partial charge in [-0.1, -0.05) is 104 Å². The molecule has 127 valence electrons. The van der Waals surface area contributed by atoms with Gasteiger partial charge in [0.05, 0.1) is 19.9 Å². The quantitative estimate of drug-likeness (QED) is 0.433. The Kier molecular flexibility index (Phi) is 5.52. The molecule has 1 atom stereocenters. The van der Waals surface area contributed by atoms with Crippen molar-refractivity contribution in [2.75, 3.05) is 7.11 Å². The summed E-state index contributed by atoms with van der Waals surface area (Å²) in [7, 11) is 1.11. The first-order valence-corrected chi connectivity index (χ1v) is 11.3. The molecule has 0 bridgehead atoms. The number of rotatable bonds is 6. The predicted octanol–water partition coefficient (Wildman–Crippen LogP) is 5.33. The molecule has 0 saturated heterocycles. The number of hydrogen-bond acceptors (Lipinski definition) is 1. The van der Waals surface area contributed by atoms with Crippen LogP contribution in [0.4, 0.5) is 0 Å². The van der Waals surface area contributed by atoms with Gasteiger partial charge in [0.15, 0.2) is 0 Å². The molecule has 0 unspecified atom stereocenters. The largest absolute Gasteiger partial charge is 0.384 e. The number of ether oxygens (including phenoxy) is 1. The second kappa shape index (κ2) is 7.81. The fourth-order valence-electron chi connectivity index (χ4n) is 3.90. The molecule has 3 rings (SSSR count). The third-order valence-corrected chi connectivity index (χ3v) is 6.56. The second-order valence-corrected chi connectivity index (χ2v) is 9.28. The van der Waals surface area contributed by atoms with Crippen LogP contribution in [0, 0.1) is 0 Å². The van der Waals surface area contributed by atoms with Gasteiger partial charge in [-0.25, -0.2) is 0 Å². The summed E-state index contributed by atoms with van der Waals surface area (Å²) in [5.41, 5.74) is 3.65. The van der Waals surface area contributed by atoms with E-state index >= 15 is 0 Å². The van der Waals surface area contributed by atoms with Crippen molar-refractivity contribution < 1.29 is 4.74 Å². The molecule has 0 amide bonds. The Morgan fingerprint density at radius 2 is 0.960 bits per heavy atom. The summed E-state index contributed by atoms with van der Waals surface area (Å²) in [5.74, 6) is 0. The van der Waals surface area contributed by atoms with Gasteiger partial charge in [-0.3, -0.25) is 0 Å². The Hall–Kier alpha value is -2.16. The van der Waals surface area contributed by atoms with Gasteiger partial charge in [-0.15, -0.1) is 0 Å². The lowest BCUT2D eigenvalue weighted by Crippen LogP contribution is -2.49. The Labute approximate surface area is 152 Å². The van der Waals surface area contributed by atoms with Gasteiger partial charge in [0, 0.05) is 7.11 Å². The highest BCUT2D eigenvalue weighted by molar-refractivity contribution is 6.57. The van der Waals surface area contributed by atoms with Crippen molar-refractivity contribution in [1.29, 1.82) is 0 Å². The van der Waals surface area contributed by atoms with Crippen LogP contribution in [0.15, 0.2) is 91.0 Å². The molecule has 1 nitrogen and oxygen atoms in total. The van der Waals surface area contributed by atoms with Crippen molar-refractivity contribution in [2.24, 2.45) is 0 Å². The lowest BCUT2D eigenvalue weighted by molar-refractivity contribution is 0.121. The van der Waals surface area contributed by atoms with Crippen LogP contribution in [0.5, 0.6) is 0 Å². The van der Waals surface area contributed by atoms with Crippen LogP contribution in [-0.4, -0.2) is 21.6 Å². The van der Waals surface area contributed by atoms with Crippen LogP contribution in [0.2, 0.25) is 13.1 Å². The molecule has 3 aromatic rings. The van der Waals surface area contributed by atoms with E-state index in [4.69, 9.17) is 4.74 Å². The second-order valence-electron chi connectivity index (χ2n) is 6.60. The zero-order valence-electron chi connectivity index (χ0n) is 15.1. The van der Waals surface area contributed by atoms with Gasteiger partial charge in [0.2, 0.25) is 0 Å². The molecule has 0 aromatic heterocycles. The molecular formula is C23H25OSi. The maximum absolute atomic E-state index is 6.19. The molecule has 2 heteroatoms. The summed E-state index contributed by atoms with van der Waals surface area (Å²) in [6, 6.07) is 32.4. The lowest BCUT2D eigenvalue weighted by atomic mass is 9.69. The summed E-state index contributed by atoms with van der Waals surface area (Å²) in [4.78, 5) is 0. The first kappa shape index (κ1) is 17.7. The van der Waals surface area contributed by atoms with Crippen LogP contribution in [0.25, 0.3) is 0 Å². The average molecular weight is 346 g/mol. The van der Waals surface area contributed by atoms with Crippen molar-refractivity contribution in [3.63, 3.8) is 0 Å². The summed E-state index contributed by atoms with van der Waals surface area (Å²) >= 11 is 0. The molecule has 0 heterocycles. The lowest BCUT2D eigenvalue weighted by Gasteiger charge is -2.43. The molecule has 0 aliphatic carbocycles. The van der Waals surface area contributed by atoms with Crippen LogP contribution in [0.3, 0.4) is 0 Å². The molecule has 0 aliphatic heterocycles. The monoisotopic (exact) mass is 345 g/mol. The smallest absolute Gasteiger partial charge is 0.0804 e. The highest BCUT2D eigenvalue weighted by Gasteiger charge is 2.45. The summed E-state index contributed by atoms with van der Waals surface area (Å²) in [5, 5.41) is 0. The van der Waals surface area contributed by atoms with Crippen LogP contribution >= 0.6 is 0 Å². The van der Waals surface area contributed by atoms with Gasteiger partial charge >= 0.3 is 0 Å². The number of benzene rings is 3. The van der Waals surface area contributed by atoms with Gasteiger partial charge in [0.1, 0.15) is 0 Å². The van der Waals surface area contributed by atoms with E-state index in [0.29, 0.717) is 0 Å². The molecule has 25 heavy (non-hydrogen) atoms. The van der Waals surface area contributed by atoms with Crippen LogP contribution in [-0.2, 0) is 10.2 Å². The summed E-state index contributed by atoms with van der Waals surface area (Å²) in [6.07, 6.45) is 0. The SMILES string of the molecule is CO[C@H]([Si](C)C)C(c1ccccc1)(c1ccccc1)c1ccccc1. The van der Waals surface area contributed by atoms with Crippen molar-refractivity contribution in [3.8, 4) is 0 Å². The minimum absolute atomic E-state index is 0.115. The topological polar surface area (TPSA) is 9.23 Å². The molecule has 3 aromatic carbocycles. The van der Waals surface area contributed by atoms with Gasteiger partial charge in [-0.2, -0.15) is 0 Å². The molecular weight excluding hydrogens is 320 g/mol. The van der Waals surface area contributed by atoms with Crippen molar-refractivity contribution in [3.05, 3.63) is 108 Å². The maximum atomic E-state index is 6.19. The first-order chi connectivity index (χ1) is 12.2. The summed E-state index contributed by atoms with van der Waals surface area (Å²) < 4.78 is 6.19. The number of methoxy groups -OCH3 is 1. The average Bonchev–Trinajstić information content (AvgIpc) is 2.68. The minimum Gasteiger partial charge on any atom is -0.384 e. The predicted molar refractivity (Wildman–Crippen MR) is 107 cm³/mol. The standard InChI is InChI=1S/C23H25OSi/c1-24-22(25(2)3)23(19-13-7-4-8-14-19,20-15-9-5-10-16-20)21-17-11-6-12-18-21/h4-18,22H,1-3H3/t22-/m1/s1. The van der Waals surface area contributed by atoms with E-state index in [9.17, 15) is 0 Å². The Bertz CT molecular complexity index is 672. The zero-order chi connectivity index (χ0) is 17.7. The molecule has 0 fully saturated rings. The van der Waals surface area contributed by atoms with Gasteiger partial charge in [-0.05, 0) is 16.7 Å². The van der Waals surface area contributed by atoms with E-state index in [1.807, 2.05) is 7.11 Å². The van der Waals surface area contributed by atoms with E-state index in [2.05, 4.69) is 104 Å². The van der Waals surface area contributed by atoms with Gasteiger partial charge < -0.3 is 4.74 Å². The number of hydrogen-bond donors (Lipinski definition) is 0. The fraction of sp³-hybridized carbons (Fsp3) is 0.217. The Morgan fingerprint density at radius 1 is 0.640 bits per heavy atom. The van der Waals surface area contributed by atoms with Crippen molar-refractivity contribution in [1.82, 2.24) is 0 Å². The zero-order valence-corrected chi connectivity index (χ0v) is 16.1. The maximum Gasteiger partial charge on any atom is 0.0804 e. The van der Waals surface area contributed by atoms with Crippen molar-refractivity contribution in [2.45, 2.75) is 24.2 Å². The fourth-order valence-corrected chi connectivity index (χ4v) is 5.74. The molecule has 1 radical (unpaired) electrons. The molecule has 0 spiro atoms. The van der Waals surface area contributed by atoms with Crippen LogP contribution in [0.1, 0.15) is 16.7 Å². The van der Waals surface area contributed by atoms with Crippen molar-refractivity contribution >= 4 is 8.80 Å². The molecule has 0 N–H and O–H groups in total.